The predicted molar refractivity (Wildman–Crippen MR) is 72.3 cm³/mol. The Bertz CT molecular complexity index is 552. The fourth-order valence-corrected chi connectivity index (χ4v) is 1.64. The van der Waals surface area contributed by atoms with Gasteiger partial charge < -0.3 is 14.7 Å². The fourth-order valence-electron chi connectivity index (χ4n) is 1.64. The number of rotatable bonds is 3. The number of carbonyl (C=O) groups is 1. The number of amides is 1. The Morgan fingerprint density at radius 1 is 1.35 bits per heavy atom. The molecule has 1 unspecified atom stereocenters. The molecule has 0 spiro atoms. The quantitative estimate of drug-likeness (QED) is 0.520. The Morgan fingerprint density at radius 2 is 1.85 bits per heavy atom. The molecule has 1 aromatic carbocycles. The zero-order valence-corrected chi connectivity index (χ0v) is 12.1. The third kappa shape index (κ3) is 3.24. The second kappa shape index (κ2) is 5.46. The number of aryl methyl sites for hydroxylation is 2. The third-order valence-corrected chi connectivity index (χ3v) is 2.96. The molecule has 0 saturated heterocycles. The number of benzene rings is 1. The largest absolute Gasteiger partial charge is 0.413 e. The smallest absolute Gasteiger partial charge is 0.412 e. The van der Waals surface area contributed by atoms with E-state index in [0.29, 0.717) is 0 Å². The van der Waals surface area contributed by atoms with Crippen molar-refractivity contribution < 1.29 is 19.6 Å². The summed E-state index contributed by atoms with van der Waals surface area (Å²) in [5, 5.41) is 21.4. The molecule has 0 saturated carbocycles. The maximum absolute atomic E-state index is 11.5. The van der Waals surface area contributed by atoms with Gasteiger partial charge in [-0.05, 0) is 31.0 Å². The van der Waals surface area contributed by atoms with Crippen LogP contribution in [0.3, 0.4) is 0 Å². The molecule has 0 fully saturated rings. The van der Waals surface area contributed by atoms with Crippen LogP contribution in [0.5, 0.6) is 0 Å². The van der Waals surface area contributed by atoms with Crippen LogP contribution < -0.4 is 0 Å². The van der Waals surface area contributed by atoms with Gasteiger partial charge in [0.15, 0.2) is 0 Å². The first kappa shape index (κ1) is 15.9. The summed E-state index contributed by atoms with van der Waals surface area (Å²) >= 11 is 0. The van der Waals surface area contributed by atoms with Crippen molar-refractivity contribution in [3.63, 3.8) is 0 Å². The summed E-state index contributed by atoms with van der Waals surface area (Å²) in [4.78, 5) is 23.1. The van der Waals surface area contributed by atoms with Gasteiger partial charge >= 0.3 is 6.09 Å². The lowest BCUT2D eigenvalue weighted by atomic mass is 9.99. The maximum Gasteiger partial charge on any atom is 0.412 e. The molecule has 0 radical (unpaired) electrons. The summed E-state index contributed by atoms with van der Waals surface area (Å²) in [5.41, 5.74) is 1.13. The van der Waals surface area contributed by atoms with E-state index in [2.05, 4.69) is 0 Å². The SMILES string of the molecule is Cc1cc([N+](=O)[O-])c(C(C)(O)OC(=O)N(C)C)cc1C. The molecule has 1 atom stereocenters. The van der Waals surface area contributed by atoms with Gasteiger partial charge in [0.2, 0.25) is 5.79 Å². The molecular formula is C13H18N2O5. The van der Waals surface area contributed by atoms with Crippen molar-refractivity contribution in [2.45, 2.75) is 26.6 Å². The lowest BCUT2D eigenvalue weighted by molar-refractivity contribution is -0.388. The number of nitro benzene ring substituents is 1. The lowest BCUT2D eigenvalue weighted by Crippen LogP contribution is -2.35. The van der Waals surface area contributed by atoms with Crippen LogP contribution >= 0.6 is 0 Å². The average Bonchev–Trinajstić information content (AvgIpc) is 2.30. The Hall–Kier alpha value is -2.15. The normalized spacial score (nSPS) is 13.5. The van der Waals surface area contributed by atoms with Crippen LogP contribution in [0.4, 0.5) is 10.5 Å². The number of ether oxygens (including phenoxy) is 1. The van der Waals surface area contributed by atoms with Gasteiger partial charge in [-0.1, -0.05) is 0 Å². The molecule has 7 nitrogen and oxygen atoms in total. The number of hydrogen-bond donors (Lipinski definition) is 1. The Morgan fingerprint density at radius 3 is 2.30 bits per heavy atom. The predicted octanol–water partition coefficient (Wildman–Crippen LogP) is 2.07. The first-order valence-corrected chi connectivity index (χ1v) is 5.95. The van der Waals surface area contributed by atoms with Crippen molar-refractivity contribution in [1.29, 1.82) is 0 Å². The summed E-state index contributed by atoms with van der Waals surface area (Å²) in [7, 11) is 2.90. The van der Waals surface area contributed by atoms with Crippen LogP contribution in [-0.2, 0) is 10.5 Å². The molecule has 0 heterocycles. The lowest BCUT2D eigenvalue weighted by Gasteiger charge is -2.26. The van der Waals surface area contributed by atoms with Gasteiger partial charge in [-0.25, -0.2) is 4.79 Å². The van der Waals surface area contributed by atoms with Gasteiger partial charge in [0.1, 0.15) is 5.56 Å². The topological polar surface area (TPSA) is 92.9 Å². The van der Waals surface area contributed by atoms with Crippen molar-refractivity contribution in [3.8, 4) is 0 Å². The number of hydrogen-bond acceptors (Lipinski definition) is 5. The second-order valence-corrected chi connectivity index (χ2v) is 4.96. The standard InChI is InChI=1S/C13H18N2O5/c1-8-6-10(11(15(18)19)7-9(8)2)13(3,17)20-12(16)14(4)5/h6-7,17H,1-5H3. The Labute approximate surface area is 116 Å². The van der Waals surface area contributed by atoms with Crippen LogP contribution in [0.2, 0.25) is 0 Å². The fraction of sp³-hybridized carbons (Fsp3) is 0.462. The maximum atomic E-state index is 11.5. The van der Waals surface area contributed by atoms with E-state index in [1.807, 2.05) is 0 Å². The summed E-state index contributed by atoms with van der Waals surface area (Å²) in [6.45, 7) is 4.69. The Balaban J connectivity index is 3.33. The van der Waals surface area contributed by atoms with Crippen molar-refractivity contribution in [2.75, 3.05) is 14.1 Å². The van der Waals surface area contributed by atoms with Gasteiger partial charge in [0.05, 0.1) is 4.92 Å². The van der Waals surface area contributed by atoms with E-state index in [1.165, 1.54) is 33.2 Å². The molecule has 0 aliphatic heterocycles. The van der Waals surface area contributed by atoms with E-state index in [4.69, 9.17) is 4.74 Å². The van der Waals surface area contributed by atoms with E-state index in [-0.39, 0.29) is 11.3 Å². The van der Waals surface area contributed by atoms with E-state index in [1.54, 1.807) is 13.8 Å². The molecular weight excluding hydrogens is 264 g/mol. The molecule has 20 heavy (non-hydrogen) atoms. The van der Waals surface area contributed by atoms with E-state index < -0.39 is 16.8 Å². The molecule has 0 aromatic heterocycles. The summed E-state index contributed by atoms with van der Waals surface area (Å²) in [6.07, 6.45) is -0.789. The monoisotopic (exact) mass is 282 g/mol. The highest BCUT2D eigenvalue weighted by Crippen LogP contribution is 2.33. The van der Waals surface area contributed by atoms with Gasteiger partial charge in [-0.15, -0.1) is 0 Å². The average molecular weight is 282 g/mol. The van der Waals surface area contributed by atoms with Crippen LogP contribution in [0.1, 0.15) is 23.6 Å². The molecule has 1 N–H and O–H groups in total. The molecule has 7 heteroatoms. The summed E-state index contributed by atoms with van der Waals surface area (Å²) in [6, 6.07) is 2.80. The Kier molecular flexibility index (Phi) is 4.34. The van der Waals surface area contributed by atoms with Crippen molar-refractivity contribution in [3.05, 3.63) is 38.9 Å². The van der Waals surface area contributed by atoms with Crippen molar-refractivity contribution in [2.24, 2.45) is 0 Å². The molecule has 0 aliphatic rings. The number of nitrogens with zero attached hydrogens (tertiary/aromatic N) is 2. The van der Waals surface area contributed by atoms with Gasteiger partial charge in [-0.2, -0.15) is 0 Å². The van der Waals surface area contributed by atoms with Crippen molar-refractivity contribution in [1.82, 2.24) is 4.90 Å². The molecule has 0 aliphatic carbocycles. The van der Waals surface area contributed by atoms with Crippen LogP contribution in [-0.4, -0.2) is 35.1 Å². The van der Waals surface area contributed by atoms with E-state index in [9.17, 15) is 20.0 Å². The van der Waals surface area contributed by atoms with Gasteiger partial charge in [-0.3, -0.25) is 10.1 Å². The van der Waals surface area contributed by atoms with E-state index >= 15 is 0 Å². The van der Waals surface area contributed by atoms with Crippen LogP contribution in [0, 0.1) is 24.0 Å². The van der Waals surface area contributed by atoms with Crippen LogP contribution in [0.25, 0.3) is 0 Å². The van der Waals surface area contributed by atoms with E-state index in [0.717, 1.165) is 16.0 Å². The minimum atomic E-state index is -2.08. The number of nitro groups is 1. The minimum absolute atomic E-state index is 0.0548. The molecule has 110 valence electrons. The third-order valence-electron chi connectivity index (χ3n) is 2.96. The molecule has 1 rings (SSSR count). The number of aliphatic hydroxyl groups is 1. The highest BCUT2D eigenvalue weighted by Gasteiger charge is 2.36. The summed E-state index contributed by atoms with van der Waals surface area (Å²) in [5.74, 6) is -2.08. The second-order valence-electron chi connectivity index (χ2n) is 4.96. The van der Waals surface area contributed by atoms with Crippen molar-refractivity contribution >= 4 is 11.8 Å². The first-order valence-electron chi connectivity index (χ1n) is 5.95. The molecule has 1 aromatic rings. The number of carbonyl (C=O) groups excluding carboxylic acids is 1. The molecule has 0 bridgehead atoms. The van der Waals surface area contributed by atoms with Crippen LogP contribution in [0.15, 0.2) is 12.1 Å². The zero-order chi connectivity index (χ0) is 15.7. The first-order chi connectivity index (χ1) is 9.06. The highest BCUT2D eigenvalue weighted by molar-refractivity contribution is 5.67. The minimum Gasteiger partial charge on any atom is -0.413 e. The summed E-state index contributed by atoms with van der Waals surface area (Å²) < 4.78 is 4.91. The molecule has 1 amide bonds. The highest BCUT2D eigenvalue weighted by atomic mass is 16.7. The zero-order valence-electron chi connectivity index (χ0n) is 12.1. The van der Waals surface area contributed by atoms with Gasteiger partial charge in [0, 0.05) is 27.1 Å². The van der Waals surface area contributed by atoms with Gasteiger partial charge in [0.25, 0.3) is 5.69 Å².